The van der Waals surface area contributed by atoms with Crippen molar-refractivity contribution in [2.24, 2.45) is 21.8 Å². The normalized spacial score (nSPS) is 19.3. The summed E-state index contributed by atoms with van der Waals surface area (Å²) >= 11 is 0. The zero-order chi connectivity index (χ0) is 13.8. The van der Waals surface area contributed by atoms with Gasteiger partial charge in [-0.2, -0.15) is 18.4 Å². The summed E-state index contributed by atoms with van der Waals surface area (Å²) in [5.41, 5.74) is 0.523. The Morgan fingerprint density at radius 1 is 1.56 bits per heavy atom. The van der Waals surface area contributed by atoms with Crippen LogP contribution >= 0.6 is 0 Å². The lowest BCUT2D eigenvalue weighted by molar-refractivity contribution is -0.0596. The van der Waals surface area contributed by atoms with Crippen LogP contribution in [0.4, 0.5) is 13.2 Å². The van der Waals surface area contributed by atoms with E-state index in [9.17, 15) is 13.2 Å². The van der Waals surface area contributed by atoms with E-state index in [1.165, 1.54) is 0 Å². The first-order valence-corrected chi connectivity index (χ1v) is 5.56. The molecule has 3 nitrogen and oxygen atoms in total. The Balaban J connectivity index is 2.77. The van der Waals surface area contributed by atoms with E-state index in [0.29, 0.717) is 17.9 Å². The molecular formula is C12H14F3N3. The van der Waals surface area contributed by atoms with Crippen molar-refractivity contribution in [1.29, 1.82) is 5.26 Å². The molecule has 1 atom stereocenters. The van der Waals surface area contributed by atoms with Gasteiger partial charge < -0.3 is 0 Å². The fraction of sp³-hybridized carbons (Fsp3) is 0.583. The minimum atomic E-state index is -4.61. The van der Waals surface area contributed by atoms with Crippen LogP contribution in [0.5, 0.6) is 0 Å². The van der Waals surface area contributed by atoms with Crippen molar-refractivity contribution < 1.29 is 13.2 Å². The van der Waals surface area contributed by atoms with Gasteiger partial charge in [0, 0.05) is 6.20 Å². The van der Waals surface area contributed by atoms with Crippen LogP contribution in [-0.2, 0) is 0 Å². The lowest BCUT2D eigenvalue weighted by Crippen LogP contribution is -2.20. The van der Waals surface area contributed by atoms with Crippen LogP contribution in [0, 0.1) is 23.2 Å². The van der Waals surface area contributed by atoms with Gasteiger partial charge in [0.05, 0.1) is 12.0 Å². The number of hydrogen-bond donors (Lipinski definition) is 0. The van der Waals surface area contributed by atoms with E-state index in [-0.39, 0.29) is 5.92 Å². The molecule has 18 heavy (non-hydrogen) atoms. The number of halogens is 3. The number of hydrogen-bond acceptors (Lipinski definition) is 2. The predicted octanol–water partition coefficient (Wildman–Crippen LogP) is 3.49. The molecule has 1 aliphatic rings. The van der Waals surface area contributed by atoms with E-state index in [1.54, 1.807) is 6.92 Å². The largest absolute Gasteiger partial charge is 0.451 e. The summed E-state index contributed by atoms with van der Waals surface area (Å²) < 4.78 is 36.9. The SMILES string of the molecule is C=N/C(=N\C=C(/C)C(C#N)CC1CC1)C(F)(F)F. The van der Waals surface area contributed by atoms with Crippen LogP contribution < -0.4 is 0 Å². The van der Waals surface area contributed by atoms with E-state index in [1.807, 2.05) is 0 Å². The highest BCUT2D eigenvalue weighted by Crippen LogP contribution is 2.37. The molecule has 1 rings (SSSR count). The van der Waals surface area contributed by atoms with Crippen LogP contribution in [0.2, 0.25) is 0 Å². The van der Waals surface area contributed by atoms with Gasteiger partial charge in [-0.15, -0.1) is 0 Å². The van der Waals surface area contributed by atoms with Crippen molar-refractivity contribution in [3.8, 4) is 6.07 Å². The molecule has 0 bridgehead atoms. The predicted molar refractivity (Wildman–Crippen MR) is 63.2 cm³/mol. The Labute approximate surface area is 104 Å². The van der Waals surface area contributed by atoms with Crippen LogP contribution in [0.25, 0.3) is 0 Å². The number of nitrogens with zero attached hydrogens (tertiary/aromatic N) is 3. The van der Waals surface area contributed by atoms with Gasteiger partial charge in [-0.3, -0.25) is 0 Å². The van der Waals surface area contributed by atoms with Crippen molar-refractivity contribution in [3.05, 3.63) is 11.8 Å². The number of alkyl halides is 3. The second-order valence-corrected chi connectivity index (χ2v) is 4.34. The fourth-order valence-corrected chi connectivity index (χ4v) is 1.48. The highest BCUT2D eigenvalue weighted by molar-refractivity contribution is 5.91. The third-order valence-corrected chi connectivity index (χ3v) is 2.77. The maximum absolute atomic E-state index is 12.3. The summed E-state index contributed by atoms with van der Waals surface area (Å²) in [6.07, 6.45) is -0.671. The lowest BCUT2D eigenvalue weighted by Gasteiger charge is -2.08. The molecule has 1 aliphatic carbocycles. The third kappa shape index (κ3) is 4.32. The molecule has 0 spiro atoms. The van der Waals surface area contributed by atoms with Gasteiger partial charge in [0.1, 0.15) is 0 Å². The smallest absolute Gasteiger partial charge is 0.241 e. The van der Waals surface area contributed by atoms with E-state index in [0.717, 1.165) is 19.0 Å². The second-order valence-electron chi connectivity index (χ2n) is 4.34. The highest BCUT2D eigenvalue weighted by atomic mass is 19.4. The number of aliphatic imine (C=N–C) groups is 2. The quantitative estimate of drug-likeness (QED) is 0.561. The zero-order valence-electron chi connectivity index (χ0n) is 10.0. The highest BCUT2D eigenvalue weighted by Gasteiger charge is 2.35. The van der Waals surface area contributed by atoms with Gasteiger partial charge in [0.2, 0.25) is 5.84 Å². The van der Waals surface area contributed by atoms with Gasteiger partial charge in [-0.1, -0.05) is 12.8 Å². The van der Waals surface area contributed by atoms with Crippen molar-refractivity contribution in [3.63, 3.8) is 0 Å². The molecule has 6 heteroatoms. The molecular weight excluding hydrogens is 243 g/mol. The second kappa shape index (κ2) is 5.80. The molecule has 0 radical (unpaired) electrons. The van der Waals surface area contributed by atoms with Gasteiger partial charge >= 0.3 is 6.18 Å². The number of rotatable bonds is 4. The Morgan fingerprint density at radius 3 is 2.56 bits per heavy atom. The molecule has 0 saturated heterocycles. The summed E-state index contributed by atoms with van der Waals surface area (Å²) in [4.78, 5) is 6.10. The van der Waals surface area contributed by atoms with Crippen LogP contribution in [-0.4, -0.2) is 18.7 Å². The Hall–Kier alpha value is -1.64. The first-order valence-electron chi connectivity index (χ1n) is 5.56. The van der Waals surface area contributed by atoms with Gasteiger partial charge in [0.15, 0.2) is 0 Å². The summed E-state index contributed by atoms with van der Waals surface area (Å²) in [6.45, 7) is 4.44. The van der Waals surface area contributed by atoms with Crippen molar-refractivity contribution in [1.82, 2.24) is 0 Å². The molecule has 0 heterocycles. The van der Waals surface area contributed by atoms with Crippen LogP contribution in [0.15, 0.2) is 21.8 Å². The molecule has 0 aromatic heterocycles. The maximum atomic E-state index is 12.3. The van der Waals surface area contributed by atoms with E-state index in [2.05, 4.69) is 22.8 Å². The minimum Gasteiger partial charge on any atom is -0.241 e. The maximum Gasteiger partial charge on any atom is 0.451 e. The molecule has 0 aliphatic heterocycles. The molecule has 1 unspecified atom stereocenters. The summed E-state index contributed by atoms with van der Waals surface area (Å²) in [6, 6.07) is 2.09. The van der Waals surface area contributed by atoms with Gasteiger partial charge in [-0.25, -0.2) is 9.98 Å². The standard InChI is InChI=1S/C12H14F3N3/c1-8(10(6-16)5-9-3-4-9)7-18-11(17-2)12(13,14)15/h7,9-10H,2-5H2,1H3/b8-7+,18-11-. The number of amidine groups is 1. The summed E-state index contributed by atoms with van der Waals surface area (Å²) in [5.74, 6) is -1.13. The summed E-state index contributed by atoms with van der Waals surface area (Å²) in [5, 5.41) is 8.96. The van der Waals surface area contributed by atoms with Gasteiger partial charge in [-0.05, 0) is 31.6 Å². The first-order chi connectivity index (χ1) is 8.38. The monoisotopic (exact) mass is 257 g/mol. The summed E-state index contributed by atoms with van der Waals surface area (Å²) in [7, 11) is 0. The average Bonchev–Trinajstić information content (AvgIpc) is 3.08. The van der Waals surface area contributed by atoms with Crippen molar-refractivity contribution in [2.75, 3.05) is 0 Å². The third-order valence-electron chi connectivity index (χ3n) is 2.77. The molecule has 1 saturated carbocycles. The van der Waals surface area contributed by atoms with E-state index >= 15 is 0 Å². The molecule has 0 N–H and O–H groups in total. The van der Waals surface area contributed by atoms with Crippen molar-refractivity contribution in [2.45, 2.75) is 32.4 Å². The zero-order valence-corrected chi connectivity index (χ0v) is 10.0. The number of allylic oxidation sites excluding steroid dienone is 1. The average molecular weight is 257 g/mol. The van der Waals surface area contributed by atoms with Crippen LogP contribution in [0.3, 0.4) is 0 Å². The lowest BCUT2D eigenvalue weighted by atomic mass is 9.97. The fourth-order valence-electron chi connectivity index (χ4n) is 1.48. The molecule has 1 fully saturated rings. The van der Waals surface area contributed by atoms with Gasteiger partial charge in [0.25, 0.3) is 0 Å². The Kier molecular flexibility index (Phi) is 4.65. The van der Waals surface area contributed by atoms with Crippen LogP contribution in [0.1, 0.15) is 26.2 Å². The topological polar surface area (TPSA) is 48.5 Å². The molecule has 0 aromatic rings. The number of nitriles is 1. The Morgan fingerprint density at radius 2 is 2.17 bits per heavy atom. The molecule has 0 aromatic carbocycles. The van der Waals surface area contributed by atoms with E-state index < -0.39 is 12.0 Å². The first kappa shape index (κ1) is 14.4. The van der Waals surface area contributed by atoms with Crippen molar-refractivity contribution >= 4 is 12.6 Å². The Bertz CT molecular complexity index is 411. The molecule has 98 valence electrons. The van der Waals surface area contributed by atoms with E-state index in [4.69, 9.17) is 5.26 Å². The minimum absolute atomic E-state index is 0.374. The molecule has 0 amide bonds.